The van der Waals surface area contributed by atoms with Crippen LogP contribution in [0.2, 0.25) is 0 Å². The molecular weight excluding hydrogens is 262 g/mol. The van der Waals surface area contributed by atoms with Gasteiger partial charge in [0.25, 0.3) is 0 Å². The van der Waals surface area contributed by atoms with Crippen molar-refractivity contribution in [2.24, 2.45) is 5.73 Å². The molecule has 1 amide bonds. The second kappa shape index (κ2) is 5.43. The molecule has 1 unspecified atom stereocenters. The second-order valence-corrected chi connectivity index (χ2v) is 6.73. The predicted octanol–water partition coefficient (Wildman–Crippen LogP) is 1.87. The normalized spacial score (nSPS) is 26.4. The topological polar surface area (TPSA) is 49.6 Å². The van der Waals surface area contributed by atoms with E-state index in [1.807, 2.05) is 11.8 Å². The van der Waals surface area contributed by atoms with Crippen LogP contribution in [0.15, 0.2) is 18.2 Å². The Kier molecular flexibility index (Phi) is 3.76. The van der Waals surface area contributed by atoms with E-state index in [0.29, 0.717) is 18.4 Å². The van der Waals surface area contributed by atoms with Gasteiger partial charge < -0.3 is 15.5 Å². The largest absolute Gasteiger partial charge is 0.327 e. The third-order valence-electron chi connectivity index (χ3n) is 4.72. The molecule has 1 saturated heterocycles. The molecule has 0 bridgehead atoms. The number of fused-ring (bicyclic) bond motifs is 3. The number of hydrogen-bond acceptors (Lipinski definition) is 3. The quantitative estimate of drug-likeness (QED) is 0.903. The van der Waals surface area contributed by atoms with Crippen LogP contribution in [0, 0.1) is 6.92 Å². The molecule has 0 aliphatic carbocycles. The molecule has 1 aromatic carbocycles. The molecule has 2 aliphatic heterocycles. The van der Waals surface area contributed by atoms with Gasteiger partial charge in [0.15, 0.2) is 0 Å². The SMILES string of the molecule is Cc1ccc2c(c1)[C@H]1CN(C)CC[C@H]1N2C(=O)CC(C)N. The summed E-state index contributed by atoms with van der Waals surface area (Å²) in [4.78, 5) is 17.1. The highest BCUT2D eigenvalue weighted by Gasteiger charge is 2.43. The Balaban J connectivity index is 1.99. The molecule has 3 atom stereocenters. The lowest BCUT2D eigenvalue weighted by Gasteiger charge is -2.36. The fraction of sp³-hybridized carbons (Fsp3) is 0.588. The maximum absolute atomic E-state index is 12.7. The van der Waals surface area contributed by atoms with E-state index in [0.717, 1.165) is 25.2 Å². The summed E-state index contributed by atoms with van der Waals surface area (Å²) < 4.78 is 0. The van der Waals surface area contributed by atoms with Crippen molar-refractivity contribution in [1.29, 1.82) is 0 Å². The van der Waals surface area contributed by atoms with Gasteiger partial charge >= 0.3 is 0 Å². The minimum atomic E-state index is -0.0864. The van der Waals surface area contributed by atoms with Gasteiger partial charge in [-0.1, -0.05) is 17.7 Å². The van der Waals surface area contributed by atoms with Crippen LogP contribution in [0.1, 0.15) is 36.8 Å². The number of carbonyl (C=O) groups is 1. The average molecular weight is 287 g/mol. The predicted molar refractivity (Wildman–Crippen MR) is 85.6 cm³/mol. The first kappa shape index (κ1) is 14.5. The fourth-order valence-electron chi connectivity index (χ4n) is 3.78. The molecule has 0 spiro atoms. The van der Waals surface area contributed by atoms with E-state index in [1.165, 1.54) is 11.1 Å². The lowest BCUT2D eigenvalue weighted by Crippen LogP contribution is -2.47. The fourth-order valence-corrected chi connectivity index (χ4v) is 3.78. The smallest absolute Gasteiger partial charge is 0.228 e. The second-order valence-electron chi connectivity index (χ2n) is 6.73. The maximum Gasteiger partial charge on any atom is 0.228 e. The Bertz CT molecular complexity index is 555. The number of piperidine rings is 1. The van der Waals surface area contributed by atoms with Crippen molar-refractivity contribution >= 4 is 11.6 Å². The van der Waals surface area contributed by atoms with E-state index in [-0.39, 0.29) is 11.9 Å². The molecule has 2 aliphatic rings. The van der Waals surface area contributed by atoms with E-state index in [4.69, 9.17) is 5.73 Å². The van der Waals surface area contributed by atoms with Crippen molar-refractivity contribution in [3.8, 4) is 0 Å². The van der Waals surface area contributed by atoms with Crippen LogP contribution < -0.4 is 10.6 Å². The zero-order valence-electron chi connectivity index (χ0n) is 13.2. The number of likely N-dealkylation sites (N-methyl/N-ethyl adjacent to an activating group) is 1. The summed E-state index contributed by atoms with van der Waals surface area (Å²) in [5, 5.41) is 0. The van der Waals surface area contributed by atoms with E-state index in [2.05, 4.69) is 37.1 Å². The Morgan fingerprint density at radius 2 is 2.24 bits per heavy atom. The molecule has 1 aromatic rings. The molecule has 0 saturated carbocycles. The van der Waals surface area contributed by atoms with E-state index < -0.39 is 0 Å². The van der Waals surface area contributed by atoms with Gasteiger partial charge in [-0.3, -0.25) is 4.79 Å². The Hall–Kier alpha value is -1.39. The third kappa shape index (κ3) is 2.58. The Morgan fingerprint density at radius 1 is 1.48 bits per heavy atom. The standard InChI is InChI=1S/C17H25N3O/c1-11-4-5-15-13(8-11)14-10-19(3)7-6-16(14)20(15)17(21)9-12(2)18/h4-5,8,12,14,16H,6-7,9-10,18H2,1-3H3/t12?,14-,16-/m1/s1. The highest BCUT2D eigenvalue weighted by Crippen LogP contribution is 2.45. The molecule has 2 heterocycles. The lowest BCUT2D eigenvalue weighted by molar-refractivity contribution is -0.119. The van der Waals surface area contributed by atoms with Gasteiger partial charge in [0.05, 0.1) is 0 Å². The van der Waals surface area contributed by atoms with Gasteiger partial charge in [0.2, 0.25) is 5.91 Å². The van der Waals surface area contributed by atoms with Crippen LogP contribution in [0.25, 0.3) is 0 Å². The number of aryl methyl sites for hydroxylation is 1. The van der Waals surface area contributed by atoms with Gasteiger partial charge in [-0.2, -0.15) is 0 Å². The van der Waals surface area contributed by atoms with Crippen LogP contribution in [0.3, 0.4) is 0 Å². The number of carbonyl (C=O) groups excluding carboxylic acids is 1. The third-order valence-corrected chi connectivity index (χ3v) is 4.72. The number of benzene rings is 1. The first-order chi connectivity index (χ1) is 9.97. The molecule has 1 fully saturated rings. The molecule has 0 aromatic heterocycles. The molecular formula is C17H25N3O. The van der Waals surface area contributed by atoms with Gasteiger partial charge in [0, 0.05) is 36.7 Å². The van der Waals surface area contributed by atoms with Crippen molar-refractivity contribution < 1.29 is 4.79 Å². The summed E-state index contributed by atoms with van der Waals surface area (Å²) in [6, 6.07) is 6.69. The number of rotatable bonds is 2. The molecule has 4 heteroatoms. The molecule has 4 nitrogen and oxygen atoms in total. The molecule has 0 radical (unpaired) electrons. The van der Waals surface area contributed by atoms with Gasteiger partial charge in [-0.25, -0.2) is 0 Å². The van der Waals surface area contributed by atoms with Crippen molar-refractivity contribution in [3.63, 3.8) is 0 Å². The van der Waals surface area contributed by atoms with Gasteiger partial charge in [-0.15, -0.1) is 0 Å². The van der Waals surface area contributed by atoms with Crippen LogP contribution in [-0.4, -0.2) is 43.0 Å². The van der Waals surface area contributed by atoms with Crippen LogP contribution >= 0.6 is 0 Å². The molecule has 114 valence electrons. The summed E-state index contributed by atoms with van der Waals surface area (Å²) in [5.74, 6) is 0.614. The van der Waals surface area contributed by atoms with Crippen LogP contribution in [0.5, 0.6) is 0 Å². The van der Waals surface area contributed by atoms with E-state index in [9.17, 15) is 4.79 Å². The Labute approximate surface area is 126 Å². The number of amides is 1. The van der Waals surface area contributed by atoms with Crippen molar-refractivity contribution in [2.45, 2.75) is 44.7 Å². The highest BCUT2D eigenvalue weighted by molar-refractivity contribution is 5.97. The first-order valence-electron chi connectivity index (χ1n) is 7.84. The summed E-state index contributed by atoms with van der Waals surface area (Å²) in [5.41, 5.74) is 9.55. The minimum absolute atomic E-state index is 0.0864. The molecule has 2 N–H and O–H groups in total. The van der Waals surface area contributed by atoms with Crippen molar-refractivity contribution in [3.05, 3.63) is 29.3 Å². The van der Waals surface area contributed by atoms with Crippen LogP contribution in [0.4, 0.5) is 5.69 Å². The number of likely N-dealkylation sites (tertiary alicyclic amines) is 1. The van der Waals surface area contributed by atoms with Crippen molar-refractivity contribution in [2.75, 3.05) is 25.0 Å². The Morgan fingerprint density at radius 3 is 2.95 bits per heavy atom. The molecule has 3 rings (SSSR count). The van der Waals surface area contributed by atoms with Gasteiger partial charge in [-0.05, 0) is 45.5 Å². The zero-order chi connectivity index (χ0) is 15.1. The average Bonchev–Trinajstić information content (AvgIpc) is 2.71. The lowest BCUT2D eigenvalue weighted by atomic mass is 9.89. The first-order valence-corrected chi connectivity index (χ1v) is 7.84. The number of anilines is 1. The van der Waals surface area contributed by atoms with Crippen LogP contribution in [-0.2, 0) is 4.79 Å². The summed E-state index contributed by atoms with van der Waals surface area (Å²) >= 11 is 0. The maximum atomic E-state index is 12.7. The minimum Gasteiger partial charge on any atom is -0.327 e. The van der Waals surface area contributed by atoms with Crippen molar-refractivity contribution in [1.82, 2.24) is 4.90 Å². The van der Waals surface area contributed by atoms with Gasteiger partial charge in [0.1, 0.15) is 0 Å². The monoisotopic (exact) mass is 287 g/mol. The highest BCUT2D eigenvalue weighted by atomic mass is 16.2. The summed E-state index contributed by atoms with van der Waals surface area (Å²) in [6.45, 7) is 6.10. The number of hydrogen-bond donors (Lipinski definition) is 1. The number of nitrogens with zero attached hydrogens (tertiary/aromatic N) is 2. The summed E-state index contributed by atoms with van der Waals surface area (Å²) in [7, 11) is 2.16. The van der Waals surface area contributed by atoms with E-state index >= 15 is 0 Å². The number of nitrogens with two attached hydrogens (primary N) is 1. The molecule has 21 heavy (non-hydrogen) atoms. The zero-order valence-corrected chi connectivity index (χ0v) is 13.2. The van der Waals surface area contributed by atoms with E-state index in [1.54, 1.807) is 0 Å². The summed E-state index contributed by atoms with van der Waals surface area (Å²) in [6.07, 6.45) is 1.46.